The third kappa shape index (κ3) is 1.77. The molecule has 0 amide bonds. The fourth-order valence-corrected chi connectivity index (χ4v) is 2.72. The molecule has 0 aromatic carbocycles. The molecule has 66 valence electrons. The van der Waals surface area contributed by atoms with Crippen molar-refractivity contribution in [2.24, 2.45) is 23.7 Å². The van der Waals surface area contributed by atoms with Crippen LogP contribution in [0.2, 0.25) is 0 Å². The summed E-state index contributed by atoms with van der Waals surface area (Å²) < 4.78 is 0. The van der Waals surface area contributed by atoms with Crippen LogP contribution in [0.1, 0.15) is 47.0 Å². The zero-order valence-electron chi connectivity index (χ0n) is 8.43. The number of hydrogen-bond acceptors (Lipinski definition) is 0. The van der Waals surface area contributed by atoms with E-state index in [1.54, 1.807) is 0 Å². The molecule has 0 heterocycles. The monoisotopic (exact) mass is 154 g/mol. The first kappa shape index (κ1) is 9.09. The summed E-state index contributed by atoms with van der Waals surface area (Å²) in [4.78, 5) is 0. The van der Waals surface area contributed by atoms with Crippen LogP contribution >= 0.6 is 0 Å². The lowest BCUT2D eigenvalue weighted by Crippen LogP contribution is -2.29. The zero-order valence-corrected chi connectivity index (χ0v) is 8.43. The summed E-state index contributed by atoms with van der Waals surface area (Å²) in [6.45, 7) is 9.62. The summed E-state index contributed by atoms with van der Waals surface area (Å²) in [5, 5.41) is 0. The van der Waals surface area contributed by atoms with E-state index in [2.05, 4.69) is 27.7 Å². The fourth-order valence-electron chi connectivity index (χ4n) is 2.72. The molecule has 0 bridgehead atoms. The first-order valence-electron chi connectivity index (χ1n) is 5.16. The maximum Gasteiger partial charge on any atom is -0.0363 e. The van der Waals surface area contributed by atoms with Crippen LogP contribution in [0.3, 0.4) is 0 Å². The van der Waals surface area contributed by atoms with Crippen LogP contribution in [0.5, 0.6) is 0 Å². The molecule has 0 saturated heterocycles. The largest absolute Gasteiger partial charge is 0.0651 e. The topological polar surface area (TPSA) is 0 Å². The summed E-state index contributed by atoms with van der Waals surface area (Å²) in [6, 6.07) is 0. The van der Waals surface area contributed by atoms with Crippen molar-refractivity contribution in [1.29, 1.82) is 0 Å². The molecule has 1 saturated carbocycles. The highest BCUT2D eigenvalue weighted by Crippen LogP contribution is 2.39. The van der Waals surface area contributed by atoms with Crippen LogP contribution in [0.15, 0.2) is 0 Å². The van der Waals surface area contributed by atoms with E-state index in [9.17, 15) is 0 Å². The minimum absolute atomic E-state index is 0.962. The molecular formula is C11H22. The molecule has 0 aliphatic heterocycles. The van der Waals surface area contributed by atoms with E-state index in [0.29, 0.717) is 0 Å². The number of hydrogen-bond donors (Lipinski definition) is 0. The molecule has 0 nitrogen and oxygen atoms in total. The zero-order chi connectivity index (χ0) is 8.43. The van der Waals surface area contributed by atoms with Gasteiger partial charge in [0.25, 0.3) is 0 Å². The van der Waals surface area contributed by atoms with Crippen LogP contribution in [0, 0.1) is 23.7 Å². The Labute approximate surface area is 71.4 Å². The van der Waals surface area contributed by atoms with Crippen molar-refractivity contribution in [1.82, 2.24) is 0 Å². The molecule has 1 aliphatic carbocycles. The molecular weight excluding hydrogens is 132 g/mol. The molecule has 11 heavy (non-hydrogen) atoms. The average Bonchev–Trinajstić information content (AvgIpc) is 1.99. The molecule has 0 heteroatoms. The lowest BCUT2D eigenvalue weighted by Gasteiger charge is -2.38. The number of rotatable bonds is 1. The predicted octanol–water partition coefficient (Wildman–Crippen LogP) is 3.71. The van der Waals surface area contributed by atoms with Crippen LogP contribution in [-0.2, 0) is 0 Å². The van der Waals surface area contributed by atoms with Gasteiger partial charge in [-0.2, -0.15) is 0 Å². The lowest BCUT2D eigenvalue weighted by molar-refractivity contribution is 0.119. The summed E-state index contributed by atoms with van der Waals surface area (Å²) >= 11 is 0. The Morgan fingerprint density at radius 1 is 1.00 bits per heavy atom. The van der Waals surface area contributed by atoms with Gasteiger partial charge in [0.05, 0.1) is 0 Å². The first-order valence-corrected chi connectivity index (χ1v) is 5.16. The summed E-state index contributed by atoms with van der Waals surface area (Å²) in [5.41, 5.74) is 0. The Morgan fingerprint density at radius 3 is 2.00 bits per heavy atom. The van der Waals surface area contributed by atoms with Crippen molar-refractivity contribution in [3.63, 3.8) is 0 Å². The van der Waals surface area contributed by atoms with Gasteiger partial charge in [0.2, 0.25) is 0 Å². The normalized spacial score (nSPS) is 45.8. The van der Waals surface area contributed by atoms with Gasteiger partial charge >= 0.3 is 0 Å². The van der Waals surface area contributed by atoms with Gasteiger partial charge in [0.1, 0.15) is 0 Å². The third-order valence-electron chi connectivity index (χ3n) is 3.85. The third-order valence-corrected chi connectivity index (χ3v) is 3.85. The van der Waals surface area contributed by atoms with E-state index in [1.807, 2.05) is 0 Å². The van der Waals surface area contributed by atoms with E-state index >= 15 is 0 Å². The van der Waals surface area contributed by atoms with Gasteiger partial charge in [-0.3, -0.25) is 0 Å². The van der Waals surface area contributed by atoms with Crippen molar-refractivity contribution in [2.45, 2.75) is 47.0 Å². The lowest BCUT2D eigenvalue weighted by atomic mass is 9.67. The smallest absolute Gasteiger partial charge is 0.0363 e. The second-order valence-electron chi connectivity index (χ2n) is 4.46. The van der Waals surface area contributed by atoms with Crippen molar-refractivity contribution >= 4 is 0 Å². The van der Waals surface area contributed by atoms with Crippen LogP contribution in [-0.4, -0.2) is 0 Å². The minimum atomic E-state index is 0.962. The van der Waals surface area contributed by atoms with Crippen molar-refractivity contribution < 1.29 is 0 Å². The Hall–Kier alpha value is 0. The summed E-state index contributed by atoms with van der Waals surface area (Å²) in [5.74, 6) is 3.91. The Morgan fingerprint density at radius 2 is 1.55 bits per heavy atom. The molecule has 4 atom stereocenters. The molecule has 0 aromatic heterocycles. The van der Waals surface area contributed by atoms with Crippen LogP contribution < -0.4 is 0 Å². The van der Waals surface area contributed by atoms with Crippen LogP contribution in [0.4, 0.5) is 0 Å². The standard InChI is InChI=1S/C11H22/c1-5-11-9(3)7-6-8(2)10(11)4/h8-11H,5-7H2,1-4H3. The van der Waals surface area contributed by atoms with Gasteiger partial charge < -0.3 is 0 Å². The second kappa shape index (κ2) is 3.60. The highest BCUT2D eigenvalue weighted by Gasteiger charge is 2.30. The highest BCUT2D eigenvalue weighted by molar-refractivity contribution is 4.80. The van der Waals surface area contributed by atoms with Crippen LogP contribution in [0.25, 0.3) is 0 Å². The molecule has 0 N–H and O–H groups in total. The Bertz CT molecular complexity index is 117. The van der Waals surface area contributed by atoms with E-state index < -0.39 is 0 Å². The maximum atomic E-state index is 2.44. The first-order chi connectivity index (χ1) is 5.16. The van der Waals surface area contributed by atoms with E-state index in [4.69, 9.17) is 0 Å². The van der Waals surface area contributed by atoms with E-state index in [1.165, 1.54) is 19.3 Å². The molecule has 0 radical (unpaired) electrons. The van der Waals surface area contributed by atoms with Gasteiger partial charge in [-0.1, -0.05) is 47.0 Å². The van der Waals surface area contributed by atoms with Crippen molar-refractivity contribution in [2.75, 3.05) is 0 Å². The Balaban J connectivity index is 2.55. The summed E-state index contributed by atoms with van der Waals surface area (Å²) in [7, 11) is 0. The fraction of sp³-hybridized carbons (Fsp3) is 1.00. The molecule has 1 fully saturated rings. The van der Waals surface area contributed by atoms with Gasteiger partial charge in [-0.25, -0.2) is 0 Å². The van der Waals surface area contributed by atoms with E-state index in [-0.39, 0.29) is 0 Å². The van der Waals surface area contributed by atoms with Gasteiger partial charge in [0.15, 0.2) is 0 Å². The molecule has 0 aromatic rings. The second-order valence-corrected chi connectivity index (χ2v) is 4.46. The highest BCUT2D eigenvalue weighted by atomic mass is 14.4. The quantitative estimate of drug-likeness (QED) is 0.540. The van der Waals surface area contributed by atoms with Gasteiger partial charge in [-0.15, -0.1) is 0 Å². The van der Waals surface area contributed by atoms with Gasteiger partial charge in [0, 0.05) is 0 Å². The van der Waals surface area contributed by atoms with Crippen molar-refractivity contribution in [3.05, 3.63) is 0 Å². The SMILES string of the molecule is CCC1C(C)CCC(C)C1C. The van der Waals surface area contributed by atoms with E-state index in [0.717, 1.165) is 23.7 Å². The predicted molar refractivity (Wildman–Crippen MR) is 50.5 cm³/mol. The minimum Gasteiger partial charge on any atom is -0.0651 e. The average molecular weight is 154 g/mol. The summed E-state index contributed by atoms with van der Waals surface area (Å²) in [6.07, 6.45) is 4.30. The molecule has 4 unspecified atom stereocenters. The molecule has 0 spiro atoms. The molecule has 1 aliphatic rings. The van der Waals surface area contributed by atoms with Gasteiger partial charge in [-0.05, 0) is 23.7 Å². The molecule has 1 rings (SSSR count). The van der Waals surface area contributed by atoms with Crippen molar-refractivity contribution in [3.8, 4) is 0 Å². The maximum absolute atomic E-state index is 2.44. The Kier molecular flexibility index (Phi) is 2.98.